The molecule has 0 bridgehead atoms. The Labute approximate surface area is 115 Å². The maximum atomic E-state index is 5.88. The second-order valence-electron chi connectivity index (χ2n) is 5.92. The molecule has 2 unspecified atom stereocenters. The third kappa shape index (κ3) is 3.55. The van der Waals surface area contributed by atoms with Crippen LogP contribution in [0.1, 0.15) is 51.3 Å². The number of hydrogen-bond donors (Lipinski definition) is 2. The van der Waals surface area contributed by atoms with Crippen molar-refractivity contribution in [1.82, 2.24) is 15.1 Å². The fourth-order valence-corrected chi connectivity index (χ4v) is 2.47. The minimum Gasteiger partial charge on any atom is -0.374 e. The van der Waals surface area contributed by atoms with Crippen LogP contribution in [0.25, 0.3) is 0 Å². The highest BCUT2D eigenvalue weighted by Gasteiger charge is 2.30. The summed E-state index contributed by atoms with van der Waals surface area (Å²) in [7, 11) is 0. The fourth-order valence-electron chi connectivity index (χ4n) is 2.47. The van der Waals surface area contributed by atoms with E-state index in [1.807, 2.05) is 10.9 Å². The van der Waals surface area contributed by atoms with E-state index in [4.69, 9.17) is 10.5 Å². The van der Waals surface area contributed by atoms with Gasteiger partial charge in [0.2, 0.25) is 0 Å². The second kappa shape index (κ2) is 6.03. The van der Waals surface area contributed by atoms with E-state index in [2.05, 4.69) is 37.4 Å². The summed E-state index contributed by atoms with van der Waals surface area (Å²) in [5.41, 5.74) is 6.99. The molecule has 5 heteroatoms. The van der Waals surface area contributed by atoms with Gasteiger partial charge in [0.25, 0.3) is 0 Å². The van der Waals surface area contributed by atoms with Crippen molar-refractivity contribution in [2.24, 2.45) is 5.73 Å². The zero-order chi connectivity index (χ0) is 13.9. The molecule has 2 rings (SSSR count). The molecule has 0 saturated carbocycles. The van der Waals surface area contributed by atoms with Crippen molar-refractivity contribution < 1.29 is 4.74 Å². The van der Waals surface area contributed by atoms with Crippen LogP contribution in [0.2, 0.25) is 0 Å². The number of hydrogen-bond acceptors (Lipinski definition) is 4. The van der Waals surface area contributed by atoms with E-state index in [0.29, 0.717) is 12.6 Å². The van der Waals surface area contributed by atoms with Crippen molar-refractivity contribution >= 4 is 0 Å². The predicted octanol–water partition coefficient (Wildman–Crippen LogP) is 1.62. The lowest BCUT2D eigenvalue weighted by molar-refractivity contribution is 0.0189. The summed E-state index contributed by atoms with van der Waals surface area (Å²) in [6, 6.07) is 0.524. The van der Waals surface area contributed by atoms with Crippen LogP contribution in [0.4, 0.5) is 0 Å². The molecule has 0 radical (unpaired) electrons. The molecule has 0 aromatic carbocycles. The lowest BCUT2D eigenvalue weighted by atomic mass is 10.0. The molecule has 0 amide bonds. The van der Waals surface area contributed by atoms with Gasteiger partial charge in [-0.15, -0.1) is 0 Å². The molecule has 1 aromatic rings. The van der Waals surface area contributed by atoms with Gasteiger partial charge in [-0.3, -0.25) is 4.68 Å². The molecule has 1 saturated heterocycles. The van der Waals surface area contributed by atoms with Crippen molar-refractivity contribution in [2.75, 3.05) is 19.7 Å². The van der Waals surface area contributed by atoms with E-state index in [1.165, 1.54) is 0 Å². The van der Waals surface area contributed by atoms with Gasteiger partial charge in [-0.25, -0.2) is 0 Å². The first-order valence-electron chi connectivity index (χ1n) is 7.15. The maximum absolute atomic E-state index is 5.88. The Morgan fingerprint density at radius 1 is 1.58 bits per heavy atom. The normalized spacial score (nSPS) is 25.1. The number of ether oxygens (including phenoxy) is 1. The van der Waals surface area contributed by atoms with Crippen molar-refractivity contribution in [3.05, 3.63) is 18.0 Å². The fraction of sp³-hybridized carbons (Fsp3) is 0.786. The Morgan fingerprint density at radius 3 is 2.89 bits per heavy atom. The van der Waals surface area contributed by atoms with E-state index in [1.54, 1.807) is 0 Å². The zero-order valence-corrected chi connectivity index (χ0v) is 12.2. The Hall–Kier alpha value is -0.910. The minimum absolute atomic E-state index is 0.0402. The van der Waals surface area contributed by atoms with Crippen molar-refractivity contribution in [1.29, 1.82) is 0 Å². The molecule has 0 aliphatic carbocycles. The van der Waals surface area contributed by atoms with Gasteiger partial charge in [-0.2, -0.15) is 5.10 Å². The smallest absolute Gasteiger partial charge is 0.0779 e. The third-order valence-electron chi connectivity index (χ3n) is 3.81. The molecule has 1 aromatic heterocycles. The highest BCUT2D eigenvalue weighted by molar-refractivity contribution is 5.11. The molecule has 108 valence electrons. The Bertz CT molecular complexity index is 396. The summed E-state index contributed by atoms with van der Waals surface area (Å²) >= 11 is 0. The number of nitrogens with two attached hydrogens (primary N) is 1. The summed E-state index contributed by atoms with van der Waals surface area (Å²) in [6.07, 6.45) is 6.24. The minimum atomic E-state index is -0.0402. The van der Waals surface area contributed by atoms with Gasteiger partial charge in [-0.05, 0) is 33.6 Å². The first-order valence-corrected chi connectivity index (χ1v) is 7.15. The van der Waals surface area contributed by atoms with Gasteiger partial charge in [0, 0.05) is 43.5 Å². The molecule has 5 nitrogen and oxygen atoms in total. The van der Waals surface area contributed by atoms with E-state index < -0.39 is 0 Å². The van der Waals surface area contributed by atoms with Crippen molar-refractivity contribution in [3.8, 4) is 0 Å². The van der Waals surface area contributed by atoms with Crippen LogP contribution in [-0.4, -0.2) is 35.1 Å². The molecule has 1 aliphatic rings. The van der Waals surface area contributed by atoms with Crippen LogP contribution in [0.5, 0.6) is 0 Å². The molecule has 2 atom stereocenters. The summed E-state index contributed by atoms with van der Waals surface area (Å²) in [4.78, 5) is 0. The molecular weight excluding hydrogens is 240 g/mol. The van der Waals surface area contributed by atoms with E-state index in [9.17, 15) is 0 Å². The molecule has 2 heterocycles. The van der Waals surface area contributed by atoms with Crippen LogP contribution in [0.15, 0.2) is 12.4 Å². The molecular formula is C14H26N4O. The lowest BCUT2D eigenvalue weighted by Gasteiger charge is -2.26. The molecule has 1 fully saturated rings. The monoisotopic (exact) mass is 266 g/mol. The molecule has 3 N–H and O–H groups in total. The quantitative estimate of drug-likeness (QED) is 0.821. The largest absolute Gasteiger partial charge is 0.374 e. The lowest BCUT2D eigenvalue weighted by Crippen LogP contribution is -2.40. The topological polar surface area (TPSA) is 65.1 Å². The molecule has 1 aliphatic heterocycles. The van der Waals surface area contributed by atoms with E-state index >= 15 is 0 Å². The standard InChI is InChI=1S/C14H26N4O/c1-11(2)18-9-12(8-17-18)13(7-15)16-10-14(3)5-4-6-19-14/h8-9,11,13,16H,4-7,10,15H2,1-3H3. The van der Waals surface area contributed by atoms with Gasteiger partial charge in [-0.1, -0.05) is 0 Å². The second-order valence-corrected chi connectivity index (χ2v) is 5.92. The predicted molar refractivity (Wildman–Crippen MR) is 76.0 cm³/mol. The SMILES string of the molecule is CC(C)n1cc(C(CN)NCC2(C)CCCO2)cn1. The third-order valence-corrected chi connectivity index (χ3v) is 3.81. The Kier molecular flexibility index (Phi) is 4.60. The van der Waals surface area contributed by atoms with Crippen molar-refractivity contribution in [3.63, 3.8) is 0 Å². The summed E-state index contributed by atoms with van der Waals surface area (Å²) < 4.78 is 7.76. The van der Waals surface area contributed by atoms with Crippen LogP contribution < -0.4 is 11.1 Å². The zero-order valence-electron chi connectivity index (χ0n) is 12.2. The van der Waals surface area contributed by atoms with E-state index in [0.717, 1.165) is 31.6 Å². The number of nitrogens with zero attached hydrogens (tertiary/aromatic N) is 2. The van der Waals surface area contributed by atoms with Gasteiger partial charge >= 0.3 is 0 Å². The summed E-state index contributed by atoms with van der Waals surface area (Å²) in [5.74, 6) is 0. The first-order chi connectivity index (χ1) is 9.04. The number of rotatable bonds is 6. The highest BCUT2D eigenvalue weighted by atomic mass is 16.5. The van der Waals surface area contributed by atoms with Crippen LogP contribution in [0.3, 0.4) is 0 Å². The number of aromatic nitrogens is 2. The van der Waals surface area contributed by atoms with E-state index in [-0.39, 0.29) is 11.6 Å². The highest BCUT2D eigenvalue weighted by Crippen LogP contribution is 2.25. The van der Waals surface area contributed by atoms with Crippen molar-refractivity contribution in [2.45, 2.75) is 51.3 Å². The maximum Gasteiger partial charge on any atom is 0.0779 e. The number of nitrogens with one attached hydrogen (secondary N) is 1. The average molecular weight is 266 g/mol. The summed E-state index contributed by atoms with van der Waals surface area (Å²) in [6.45, 7) is 8.68. The van der Waals surface area contributed by atoms with Crippen LogP contribution >= 0.6 is 0 Å². The van der Waals surface area contributed by atoms with Crippen LogP contribution in [0, 0.1) is 0 Å². The Balaban J connectivity index is 1.95. The van der Waals surface area contributed by atoms with Gasteiger partial charge in [0.15, 0.2) is 0 Å². The van der Waals surface area contributed by atoms with Crippen LogP contribution in [-0.2, 0) is 4.74 Å². The molecule has 0 spiro atoms. The van der Waals surface area contributed by atoms with Gasteiger partial charge < -0.3 is 15.8 Å². The van der Waals surface area contributed by atoms with Gasteiger partial charge in [0.05, 0.1) is 11.8 Å². The molecule has 19 heavy (non-hydrogen) atoms. The Morgan fingerprint density at radius 2 is 2.37 bits per heavy atom. The van der Waals surface area contributed by atoms with Gasteiger partial charge in [0.1, 0.15) is 0 Å². The summed E-state index contributed by atoms with van der Waals surface area (Å²) in [5, 5.41) is 7.89. The average Bonchev–Trinajstić information content (AvgIpc) is 3.00. The first kappa shape index (κ1) is 14.5.